The van der Waals surface area contributed by atoms with Crippen LogP contribution in [0.15, 0.2) is 70.2 Å². The highest BCUT2D eigenvalue weighted by molar-refractivity contribution is 5.93. The Hall–Kier alpha value is -4.60. The fourth-order valence-electron chi connectivity index (χ4n) is 3.83. The highest BCUT2D eigenvalue weighted by Crippen LogP contribution is 2.14. The van der Waals surface area contributed by atoms with Gasteiger partial charge in [0.05, 0.1) is 25.1 Å². The standard InChI is InChI=1S/C24H22N6O4/c1-4-34-22(32)20-15(2)30-23(26-25-20)29-19(14-16-10-12-18(33-3)13-11-16)21(31)28(24(29)27-30)17-8-6-5-7-9-17/h5-14,25H,4H2,1-3H3/b19-14+. The molecular formula is C24H22N6O4. The number of fused-ring (bicyclic) bond motifs is 3. The van der Waals surface area contributed by atoms with Crippen molar-refractivity contribution in [1.82, 2.24) is 24.2 Å². The Morgan fingerprint density at radius 2 is 1.85 bits per heavy atom. The Labute approximate surface area is 193 Å². The van der Waals surface area contributed by atoms with Crippen molar-refractivity contribution in [3.63, 3.8) is 0 Å². The summed E-state index contributed by atoms with van der Waals surface area (Å²) in [6.45, 7) is 3.71. The highest BCUT2D eigenvalue weighted by Gasteiger charge is 2.25. The van der Waals surface area contributed by atoms with E-state index < -0.39 is 5.97 Å². The summed E-state index contributed by atoms with van der Waals surface area (Å²) in [5.74, 6) is 0.551. The second-order valence-corrected chi connectivity index (χ2v) is 7.53. The van der Waals surface area contributed by atoms with Crippen molar-refractivity contribution in [1.29, 1.82) is 0 Å². The van der Waals surface area contributed by atoms with E-state index in [1.165, 1.54) is 9.25 Å². The van der Waals surface area contributed by atoms with Crippen LogP contribution in [0, 0.1) is 0 Å². The summed E-state index contributed by atoms with van der Waals surface area (Å²) in [4.78, 5) is 25.9. The van der Waals surface area contributed by atoms with Crippen LogP contribution in [-0.4, -0.2) is 38.4 Å². The van der Waals surface area contributed by atoms with Gasteiger partial charge >= 0.3 is 5.97 Å². The number of hydrogen-bond acceptors (Lipinski definition) is 7. The fraction of sp³-hybridized carbons (Fsp3) is 0.167. The second kappa shape index (κ2) is 8.39. The molecule has 10 heteroatoms. The molecule has 0 saturated heterocycles. The number of aromatic nitrogens is 4. The number of imidazole rings is 1. The van der Waals surface area contributed by atoms with Crippen molar-refractivity contribution in [2.75, 3.05) is 13.7 Å². The number of carbonyl (C=O) groups excluding carboxylic acids is 1. The van der Waals surface area contributed by atoms with E-state index in [1.807, 2.05) is 54.6 Å². The average Bonchev–Trinajstić information content (AvgIpc) is 3.35. The molecule has 5 rings (SSSR count). The van der Waals surface area contributed by atoms with E-state index in [1.54, 1.807) is 31.4 Å². The normalized spacial score (nSPS) is 13.4. The summed E-state index contributed by atoms with van der Waals surface area (Å²) in [5.41, 5.74) is 5.04. The molecule has 2 aromatic carbocycles. The number of benzene rings is 2. The van der Waals surface area contributed by atoms with Crippen LogP contribution in [-0.2, 0) is 9.53 Å². The van der Waals surface area contributed by atoms with Crippen molar-refractivity contribution in [3.8, 4) is 11.4 Å². The van der Waals surface area contributed by atoms with Crippen LogP contribution in [0.25, 0.3) is 23.2 Å². The summed E-state index contributed by atoms with van der Waals surface area (Å²) in [6, 6.07) is 16.6. The van der Waals surface area contributed by atoms with Crippen molar-refractivity contribution >= 4 is 23.5 Å². The lowest BCUT2D eigenvalue weighted by Crippen LogP contribution is -2.40. The van der Waals surface area contributed by atoms with Crippen LogP contribution in [0.1, 0.15) is 19.4 Å². The number of rotatable bonds is 5. The molecule has 0 spiro atoms. The Morgan fingerprint density at radius 1 is 1.12 bits per heavy atom. The van der Waals surface area contributed by atoms with Gasteiger partial charge in [-0.25, -0.2) is 13.8 Å². The van der Waals surface area contributed by atoms with E-state index in [-0.39, 0.29) is 17.9 Å². The van der Waals surface area contributed by atoms with Gasteiger partial charge in [0.25, 0.3) is 11.2 Å². The van der Waals surface area contributed by atoms with Gasteiger partial charge in [-0.2, -0.15) is 4.68 Å². The molecule has 1 aliphatic heterocycles. The lowest BCUT2D eigenvalue weighted by atomic mass is 10.2. The van der Waals surface area contributed by atoms with E-state index in [9.17, 15) is 9.59 Å². The van der Waals surface area contributed by atoms with E-state index >= 15 is 0 Å². The number of esters is 1. The van der Waals surface area contributed by atoms with Gasteiger partial charge in [-0.1, -0.05) is 30.3 Å². The molecule has 0 amide bonds. The average molecular weight is 458 g/mol. The third-order valence-corrected chi connectivity index (χ3v) is 5.50. The maximum atomic E-state index is 13.6. The van der Waals surface area contributed by atoms with Gasteiger partial charge in [-0.15, -0.1) is 10.2 Å². The van der Waals surface area contributed by atoms with Gasteiger partial charge in [-0.3, -0.25) is 10.2 Å². The maximum absolute atomic E-state index is 13.6. The van der Waals surface area contributed by atoms with Gasteiger partial charge < -0.3 is 9.47 Å². The number of hydrogen-bond donors (Lipinski definition) is 1. The number of nitrogens with zero attached hydrogens (tertiary/aromatic N) is 5. The number of allylic oxidation sites excluding steroid dienone is 1. The molecule has 0 unspecified atom stereocenters. The molecule has 10 nitrogen and oxygen atoms in total. The minimum atomic E-state index is -0.528. The summed E-state index contributed by atoms with van der Waals surface area (Å²) < 4.78 is 15.1. The molecule has 0 saturated carbocycles. The predicted octanol–water partition coefficient (Wildman–Crippen LogP) is 1.01. The molecule has 0 fully saturated rings. The summed E-state index contributed by atoms with van der Waals surface area (Å²) >= 11 is 0. The Morgan fingerprint density at radius 3 is 2.53 bits per heavy atom. The SMILES string of the molecule is CCOC(=O)C1=C(C)n2nc3n(-c4ccccc4)c(=O)/c(=C\c4ccc(OC)cc4)n3c2=NN1. The van der Waals surface area contributed by atoms with Crippen molar-refractivity contribution < 1.29 is 14.3 Å². The number of nitrogens with one attached hydrogen (secondary N) is 1. The molecule has 0 bridgehead atoms. The minimum Gasteiger partial charge on any atom is -0.497 e. The van der Waals surface area contributed by atoms with E-state index in [2.05, 4.69) is 15.6 Å². The van der Waals surface area contributed by atoms with Crippen LogP contribution in [0.5, 0.6) is 5.75 Å². The van der Waals surface area contributed by atoms with E-state index in [0.29, 0.717) is 33.9 Å². The molecule has 1 aliphatic rings. The molecule has 172 valence electrons. The molecule has 4 aromatic rings. The highest BCUT2D eigenvalue weighted by atomic mass is 16.5. The predicted molar refractivity (Wildman–Crippen MR) is 125 cm³/mol. The van der Waals surface area contributed by atoms with Crippen molar-refractivity contribution in [2.45, 2.75) is 13.8 Å². The zero-order valence-corrected chi connectivity index (χ0v) is 18.8. The Kier molecular flexibility index (Phi) is 5.25. The van der Waals surface area contributed by atoms with Crippen LogP contribution < -0.4 is 26.7 Å². The second-order valence-electron chi connectivity index (χ2n) is 7.53. The molecule has 1 N–H and O–H groups in total. The van der Waals surface area contributed by atoms with Crippen molar-refractivity contribution in [2.24, 2.45) is 5.10 Å². The molecule has 0 atom stereocenters. The van der Waals surface area contributed by atoms with Gasteiger partial charge in [0, 0.05) is 0 Å². The fourth-order valence-corrected chi connectivity index (χ4v) is 3.83. The maximum Gasteiger partial charge on any atom is 0.358 e. The third kappa shape index (κ3) is 3.36. The minimum absolute atomic E-state index is 0.189. The zero-order valence-electron chi connectivity index (χ0n) is 18.8. The van der Waals surface area contributed by atoms with Gasteiger partial charge in [0.1, 0.15) is 11.1 Å². The summed E-state index contributed by atoms with van der Waals surface area (Å²) in [7, 11) is 1.60. The molecule has 0 radical (unpaired) electrons. The summed E-state index contributed by atoms with van der Waals surface area (Å²) in [5, 5.41) is 9.38. The molecule has 34 heavy (non-hydrogen) atoms. The van der Waals surface area contributed by atoms with Crippen molar-refractivity contribution in [3.05, 3.63) is 87.2 Å². The summed E-state index contributed by atoms with van der Waals surface area (Å²) in [6.07, 6.45) is 1.77. The number of methoxy groups -OCH3 is 1. The monoisotopic (exact) mass is 458 g/mol. The van der Waals surface area contributed by atoms with Crippen LogP contribution >= 0.6 is 0 Å². The first-order valence-electron chi connectivity index (χ1n) is 10.7. The van der Waals surface area contributed by atoms with Crippen LogP contribution in [0.3, 0.4) is 0 Å². The quantitative estimate of drug-likeness (QED) is 0.448. The zero-order chi connectivity index (χ0) is 23.8. The molecule has 0 aliphatic carbocycles. The lowest BCUT2D eigenvalue weighted by Gasteiger charge is -2.13. The van der Waals surface area contributed by atoms with Crippen LogP contribution in [0.4, 0.5) is 0 Å². The first-order valence-corrected chi connectivity index (χ1v) is 10.7. The lowest BCUT2D eigenvalue weighted by molar-refractivity contribution is -0.138. The van der Waals surface area contributed by atoms with Crippen LogP contribution in [0.2, 0.25) is 0 Å². The first-order chi connectivity index (χ1) is 16.5. The molecular weight excluding hydrogens is 436 g/mol. The number of carbonyl (C=O) groups is 1. The Balaban J connectivity index is 1.82. The third-order valence-electron chi connectivity index (χ3n) is 5.50. The van der Waals surface area contributed by atoms with Gasteiger partial charge in [0.2, 0.25) is 5.78 Å². The topological polar surface area (TPSA) is 104 Å². The number of ether oxygens (including phenoxy) is 2. The van der Waals surface area contributed by atoms with E-state index in [4.69, 9.17) is 9.47 Å². The number of para-hydroxylation sites is 1. The smallest absolute Gasteiger partial charge is 0.358 e. The van der Waals surface area contributed by atoms with Gasteiger partial charge in [-0.05, 0) is 49.8 Å². The Bertz CT molecular complexity index is 1610. The van der Waals surface area contributed by atoms with Gasteiger partial charge in [0.15, 0.2) is 5.70 Å². The molecule has 3 heterocycles. The molecule has 2 aromatic heterocycles. The first kappa shape index (κ1) is 21.3. The largest absolute Gasteiger partial charge is 0.497 e. The van der Waals surface area contributed by atoms with E-state index in [0.717, 1.165) is 5.56 Å².